The maximum atomic E-state index is 5.71. The van der Waals surface area contributed by atoms with Gasteiger partial charge in [-0.15, -0.1) is 11.3 Å². The highest BCUT2D eigenvalue weighted by Crippen LogP contribution is 2.48. The standard InChI is InChI=1S/C9H13NS/c1-7-4-8(5-11-7)9(6-10)2-3-9/h4-5H,2-3,6,10H2,1H3. The van der Waals surface area contributed by atoms with Crippen LogP contribution in [0.25, 0.3) is 0 Å². The van der Waals surface area contributed by atoms with E-state index in [9.17, 15) is 0 Å². The van der Waals surface area contributed by atoms with Gasteiger partial charge in [-0.2, -0.15) is 0 Å². The molecule has 1 aliphatic carbocycles. The van der Waals surface area contributed by atoms with Gasteiger partial charge in [-0.25, -0.2) is 0 Å². The average molecular weight is 167 g/mol. The fourth-order valence-electron chi connectivity index (χ4n) is 1.48. The fourth-order valence-corrected chi connectivity index (χ4v) is 2.31. The van der Waals surface area contributed by atoms with Gasteiger partial charge in [0.05, 0.1) is 0 Å². The van der Waals surface area contributed by atoms with Crippen LogP contribution in [0, 0.1) is 6.92 Å². The van der Waals surface area contributed by atoms with Gasteiger partial charge in [0.1, 0.15) is 0 Å². The predicted octanol–water partition coefficient (Wildman–Crippen LogP) is 2.05. The zero-order chi connectivity index (χ0) is 7.90. The Morgan fingerprint density at radius 3 is 2.73 bits per heavy atom. The monoisotopic (exact) mass is 167 g/mol. The molecule has 0 spiro atoms. The van der Waals surface area contributed by atoms with E-state index in [1.54, 1.807) is 0 Å². The van der Waals surface area contributed by atoms with Crippen LogP contribution in [-0.4, -0.2) is 6.54 Å². The molecule has 2 heteroatoms. The van der Waals surface area contributed by atoms with E-state index >= 15 is 0 Å². The Labute approximate surface area is 71.2 Å². The van der Waals surface area contributed by atoms with Crippen LogP contribution in [0.4, 0.5) is 0 Å². The first-order chi connectivity index (χ1) is 5.27. The van der Waals surface area contributed by atoms with Crippen LogP contribution in [0.2, 0.25) is 0 Å². The Kier molecular flexibility index (Phi) is 1.55. The zero-order valence-corrected chi connectivity index (χ0v) is 7.58. The van der Waals surface area contributed by atoms with E-state index in [-0.39, 0.29) is 0 Å². The summed E-state index contributed by atoms with van der Waals surface area (Å²) in [6, 6.07) is 2.28. The van der Waals surface area contributed by atoms with E-state index < -0.39 is 0 Å². The van der Waals surface area contributed by atoms with Gasteiger partial charge in [0.15, 0.2) is 0 Å². The van der Waals surface area contributed by atoms with Gasteiger partial charge in [-0.1, -0.05) is 0 Å². The van der Waals surface area contributed by atoms with E-state index in [1.807, 2.05) is 11.3 Å². The molecule has 0 bridgehead atoms. The number of nitrogens with two attached hydrogens (primary N) is 1. The quantitative estimate of drug-likeness (QED) is 0.716. The summed E-state index contributed by atoms with van der Waals surface area (Å²) < 4.78 is 0. The predicted molar refractivity (Wildman–Crippen MR) is 49.0 cm³/mol. The van der Waals surface area contributed by atoms with E-state index in [0.717, 1.165) is 6.54 Å². The fraction of sp³-hybridized carbons (Fsp3) is 0.556. The highest BCUT2D eigenvalue weighted by atomic mass is 32.1. The highest BCUT2D eigenvalue weighted by molar-refractivity contribution is 7.10. The van der Waals surface area contributed by atoms with Gasteiger partial charge in [-0.05, 0) is 36.8 Å². The second kappa shape index (κ2) is 2.32. The molecule has 2 N–H and O–H groups in total. The molecule has 1 heterocycles. The largest absolute Gasteiger partial charge is 0.330 e. The lowest BCUT2D eigenvalue weighted by Gasteiger charge is -2.08. The third-order valence-corrected chi connectivity index (χ3v) is 3.45. The lowest BCUT2D eigenvalue weighted by Crippen LogP contribution is -2.18. The van der Waals surface area contributed by atoms with Crippen molar-refractivity contribution >= 4 is 11.3 Å². The van der Waals surface area contributed by atoms with Gasteiger partial charge in [-0.3, -0.25) is 0 Å². The highest BCUT2D eigenvalue weighted by Gasteiger charge is 2.43. The van der Waals surface area contributed by atoms with Gasteiger partial charge < -0.3 is 5.73 Å². The summed E-state index contributed by atoms with van der Waals surface area (Å²) in [5, 5.41) is 2.26. The molecule has 0 amide bonds. The summed E-state index contributed by atoms with van der Waals surface area (Å²) in [5.41, 5.74) is 7.58. The van der Waals surface area contributed by atoms with E-state index in [2.05, 4.69) is 18.4 Å². The van der Waals surface area contributed by atoms with Gasteiger partial charge in [0, 0.05) is 16.8 Å². The first kappa shape index (κ1) is 7.32. The maximum absolute atomic E-state index is 5.71. The normalized spacial score (nSPS) is 20.2. The van der Waals surface area contributed by atoms with Crippen LogP contribution in [0.1, 0.15) is 23.3 Å². The minimum absolute atomic E-state index is 0.394. The van der Waals surface area contributed by atoms with Crippen molar-refractivity contribution in [3.05, 3.63) is 21.9 Å². The Hall–Kier alpha value is -0.340. The molecule has 1 aliphatic rings. The Morgan fingerprint density at radius 1 is 1.64 bits per heavy atom. The molecule has 1 fully saturated rings. The van der Waals surface area contributed by atoms with Crippen molar-refractivity contribution in [2.24, 2.45) is 5.73 Å². The lowest BCUT2D eigenvalue weighted by atomic mass is 9.99. The molecular weight excluding hydrogens is 154 g/mol. The maximum Gasteiger partial charge on any atom is 0.00845 e. The Balaban J connectivity index is 2.29. The van der Waals surface area contributed by atoms with Crippen molar-refractivity contribution in [3.63, 3.8) is 0 Å². The molecule has 0 saturated heterocycles. The first-order valence-electron chi connectivity index (χ1n) is 4.02. The zero-order valence-electron chi connectivity index (χ0n) is 6.76. The van der Waals surface area contributed by atoms with Crippen molar-refractivity contribution < 1.29 is 0 Å². The van der Waals surface area contributed by atoms with E-state index in [1.165, 1.54) is 23.3 Å². The number of aryl methyl sites for hydroxylation is 1. The number of thiophene rings is 1. The van der Waals surface area contributed by atoms with Crippen LogP contribution >= 0.6 is 11.3 Å². The molecule has 0 aliphatic heterocycles. The average Bonchev–Trinajstić information content (AvgIpc) is 2.70. The lowest BCUT2D eigenvalue weighted by molar-refractivity contribution is 0.707. The van der Waals surface area contributed by atoms with Gasteiger partial charge in [0.2, 0.25) is 0 Å². The smallest absolute Gasteiger partial charge is 0.00845 e. The van der Waals surface area contributed by atoms with Crippen LogP contribution < -0.4 is 5.73 Å². The van der Waals surface area contributed by atoms with E-state index in [0.29, 0.717) is 5.41 Å². The molecule has 60 valence electrons. The van der Waals surface area contributed by atoms with Gasteiger partial charge in [0.25, 0.3) is 0 Å². The molecule has 2 rings (SSSR count). The summed E-state index contributed by atoms with van der Waals surface area (Å²) in [7, 11) is 0. The van der Waals surface area contributed by atoms with Crippen molar-refractivity contribution in [1.82, 2.24) is 0 Å². The molecule has 0 radical (unpaired) electrons. The SMILES string of the molecule is Cc1cc(C2(CN)CC2)cs1. The molecule has 0 unspecified atom stereocenters. The van der Waals surface area contributed by atoms with Crippen LogP contribution in [0.3, 0.4) is 0 Å². The van der Waals surface area contributed by atoms with Crippen molar-refractivity contribution in [1.29, 1.82) is 0 Å². The van der Waals surface area contributed by atoms with Crippen LogP contribution in [0.15, 0.2) is 11.4 Å². The van der Waals surface area contributed by atoms with Crippen molar-refractivity contribution in [3.8, 4) is 0 Å². The minimum Gasteiger partial charge on any atom is -0.330 e. The minimum atomic E-state index is 0.394. The summed E-state index contributed by atoms with van der Waals surface area (Å²) >= 11 is 1.83. The second-order valence-corrected chi connectivity index (χ2v) is 4.55. The summed E-state index contributed by atoms with van der Waals surface area (Å²) in [4.78, 5) is 1.40. The summed E-state index contributed by atoms with van der Waals surface area (Å²) in [5.74, 6) is 0. The van der Waals surface area contributed by atoms with Crippen LogP contribution in [-0.2, 0) is 5.41 Å². The topological polar surface area (TPSA) is 26.0 Å². The molecular formula is C9H13NS. The molecule has 1 saturated carbocycles. The van der Waals surface area contributed by atoms with Crippen LogP contribution in [0.5, 0.6) is 0 Å². The Morgan fingerprint density at radius 2 is 2.36 bits per heavy atom. The third kappa shape index (κ3) is 1.10. The van der Waals surface area contributed by atoms with Gasteiger partial charge >= 0.3 is 0 Å². The molecule has 1 aromatic heterocycles. The Bertz CT molecular complexity index is 260. The van der Waals surface area contributed by atoms with E-state index in [4.69, 9.17) is 5.73 Å². The number of hydrogen-bond acceptors (Lipinski definition) is 2. The molecule has 0 aromatic carbocycles. The number of hydrogen-bond donors (Lipinski definition) is 1. The van der Waals surface area contributed by atoms with Crippen molar-refractivity contribution in [2.75, 3.05) is 6.54 Å². The third-order valence-electron chi connectivity index (χ3n) is 2.59. The molecule has 0 atom stereocenters. The first-order valence-corrected chi connectivity index (χ1v) is 4.90. The summed E-state index contributed by atoms with van der Waals surface area (Å²) in [6.07, 6.45) is 2.58. The molecule has 11 heavy (non-hydrogen) atoms. The molecule has 1 nitrogen and oxygen atoms in total. The van der Waals surface area contributed by atoms with Crippen molar-refractivity contribution in [2.45, 2.75) is 25.2 Å². The number of rotatable bonds is 2. The second-order valence-electron chi connectivity index (χ2n) is 3.43. The molecule has 1 aromatic rings. The summed E-state index contributed by atoms with van der Waals surface area (Å²) in [6.45, 7) is 2.98.